The van der Waals surface area contributed by atoms with Gasteiger partial charge in [-0.2, -0.15) is 0 Å². The van der Waals surface area contributed by atoms with Crippen LogP contribution in [0, 0.1) is 0 Å². The van der Waals surface area contributed by atoms with Gasteiger partial charge in [-0.3, -0.25) is 0 Å². The Morgan fingerprint density at radius 1 is 0.450 bits per heavy atom. The SMILES string of the molecule is COC(=O)COCCOCCCl.COC(=O)COCCOCCN=[N+]=[N-].O=C(O)COCCOCCCl.OCCOCCOCCCl.[N-]=[N+]=NCCOCCOCC(=O)O. The first-order chi connectivity index (χ1) is 29.1. The van der Waals surface area contributed by atoms with Gasteiger partial charge in [-0.05, 0) is 11.1 Å². The van der Waals surface area contributed by atoms with Crippen molar-refractivity contribution in [2.24, 2.45) is 10.2 Å². The smallest absolute Gasteiger partial charge is 0.331 e. The lowest BCUT2D eigenvalue weighted by Gasteiger charge is -2.03. The molecule has 0 aromatic heterocycles. The zero-order chi connectivity index (χ0) is 46.0. The zero-order valence-electron chi connectivity index (χ0n) is 34.1. The lowest BCUT2D eigenvalue weighted by Crippen LogP contribution is -2.14. The number of carbonyl (C=O) groups is 4. The Kier molecular flexibility index (Phi) is 71.6. The predicted octanol–water partition coefficient (Wildman–Crippen LogP) is 1.94. The van der Waals surface area contributed by atoms with Crippen LogP contribution in [-0.2, 0) is 76.0 Å². The standard InChI is InChI=1S/C7H13ClO4.C7H13N3O4.C6H11ClO4.C6H13ClO3.C6H11N3O4/c1-10-7(9)6-12-5-4-11-3-2-8;1-12-7(11)6-14-5-4-13-3-2-9-10-8;7-1-2-10-3-4-11-5-6(8)9;7-1-3-9-5-6-10-4-2-8;7-9-8-1-2-12-3-4-13-5-6(10)11/h2-6H2,1H3;2-6H2,1H3;1-5H2,(H,8,9);8H,1-6H2;1-5H2,(H,10,11). The summed E-state index contributed by atoms with van der Waals surface area (Å²) in [5.74, 6) is -1.35. The van der Waals surface area contributed by atoms with Crippen LogP contribution in [0.15, 0.2) is 10.2 Å². The van der Waals surface area contributed by atoms with Crippen molar-refractivity contribution in [2.75, 3.05) is 184 Å². The number of hydrogen-bond acceptors (Lipinski definition) is 19. The lowest BCUT2D eigenvalue weighted by molar-refractivity contribution is -0.147. The summed E-state index contributed by atoms with van der Waals surface area (Å²) in [7, 11) is 2.61. The number of nitrogens with zero attached hydrogens (tertiary/aromatic N) is 6. The Bertz CT molecular complexity index is 1020. The van der Waals surface area contributed by atoms with E-state index in [4.69, 9.17) is 99.1 Å². The van der Waals surface area contributed by atoms with Crippen LogP contribution in [0.5, 0.6) is 0 Å². The molecule has 0 aliphatic rings. The van der Waals surface area contributed by atoms with Gasteiger partial charge in [0.15, 0.2) is 0 Å². The summed E-state index contributed by atoms with van der Waals surface area (Å²) >= 11 is 16.0. The second-order valence-electron chi connectivity index (χ2n) is 9.52. The number of alkyl halides is 3. The second-order valence-corrected chi connectivity index (χ2v) is 10.7. The van der Waals surface area contributed by atoms with Crippen molar-refractivity contribution in [1.82, 2.24) is 0 Å². The first kappa shape index (κ1) is 66.0. The Hall–Kier alpha value is -3.07. The number of esters is 2. The zero-order valence-corrected chi connectivity index (χ0v) is 36.3. The van der Waals surface area contributed by atoms with E-state index in [1.165, 1.54) is 14.2 Å². The summed E-state index contributed by atoms with van der Waals surface area (Å²) in [4.78, 5) is 46.0. The Balaban J connectivity index is -0.000000211. The molecule has 0 atom stereocenters. The highest BCUT2D eigenvalue weighted by Gasteiger charge is 2.00. The summed E-state index contributed by atoms with van der Waals surface area (Å²) in [6.07, 6.45) is 0. The molecular weight excluding hydrogens is 879 g/mol. The molecular formula is C32H61Cl3N6O19. The number of hydrogen-bond donors (Lipinski definition) is 3. The molecule has 0 spiro atoms. The molecule has 0 aromatic rings. The highest BCUT2D eigenvalue weighted by atomic mass is 35.5. The molecule has 0 saturated heterocycles. The fourth-order valence-corrected chi connectivity index (χ4v) is 2.81. The number of ether oxygens (including phenoxy) is 12. The Morgan fingerprint density at radius 2 is 0.717 bits per heavy atom. The van der Waals surface area contributed by atoms with Crippen molar-refractivity contribution in [3.63, 3.8) is 0 Å². The minimum atomic E-state index is -1.01. The molecule has 0 aliphatic carbocycles. The van der Waals surface area contributed by atoms with Crippen LogP contribution in [0.2, 0.25) is 0 Å². The van der Waals surface area contributed by atoms with Gasteiger partial charge in [-0.25, -0.2) is 19.2 Å². The van der Waals surface area contributed by atoms with Crippen molar-refractivity contribution in [3.05, 3.63) is 20.9 Å². The highest BCUT2D eigenvalue weighted by molar-refractivity contribution is 6.18. The molecule has 0 fully saturated rings. The van der Waals surface area contributed by atoms with Crippen LogP contribution in [0.25, 0.3) is 20.9 Å². The first-order valence-corrected chi connectivity index (χ1v) is 19.3. The number of methoxy groups -OCH3 is 2. The van der Waals surface area contributed by atoms with Gasteiger partial charge in [0, 0.05) is 40.6 Å². The number of carbonyl (C=O) groups excluding carboxylic acids is 2. The number of halogens is 3. The van der Waals surface area contributed by atoms with Gasteiger partial charge in [0.1, 0.15) is 26.4 Å². The molecule has 3 N–H and O–H groups in total. The third-order valence-electron chi connectivity index (χ3n) is 4.90. The molecule has 0 unspecified atom stereocenters. The van der Waals surface area contributed by atoms with Gasteiger partial charge >= 0.3 is 23.9 Å². The minimum Gasteiger partial charge on any atom is -0.480 e. The molecule has 0 saturated carbocycles. The van der Waals surface area contributed by atoms with Gasteiger partial charge in [-0.1, -0.05) is 10.2 Å². The van der Waals surface area contributed by atoms with E-state index in [0.29, 0.717) is 123 Å². The van der Waals surface area contributed by atoms with E-state index in [2.05, 4.69) is 39.0 Å². The van der Waals surface area contributed by atoms with E-state index in [1.807, 2.05) is 0 Å². The maximum absolute atomic E-state index is 10.5. The average Bonchev–Trinajstić information content (AvgIpc) is 3.24. The number of aliphatic hydroxyl groups is 1. The number of carboxylic acid groups (broad SMARTS) is 2. The molecule has 25 nitrogen and oxygen atoms in total. The molecule has 60 heavy (non-hydrogen) atoms. The molecule has 0 heterocycles. The first-order valence-electron chi connectivity index (χ1n) is 17.7. The maximum Gasteiger partial charge on any atom is 0.331 e. The van der Waals surface area contributed by atoms with Gasteiger partial charge in [0.2, 0.25) is 0 Å². The van der Waals surface area contributed by atoms with Gasteiger partial charge in [0.25, 0.3) is 0 Å². The van der Waals surface area contributed by atoms with Gasteiger partial charge in [-0.15, -0.1) is 34.8 Å². The van der Waals surface area contributed by atoms with E-state index >= 15 is 0 Å². The maximum atomic E-state index is 10.5. The van der Waals surface area contributed by atoms with Crippen molar-refractivity contribution in [3.8, 4) is 0 Å². The number of rotatable bonds is 37. The third kappa shape index (κ3) is 82.8. The predicted molar refractivity (Wildman–Crippen MR) is 215 cm³/mol. The number of carboxylic acids is 2. The number of aliphatic hydroxyl groups excluding tert-OH is 1. The van der Waals surface area contributed by atoms with E-state index in [0.717, 1.165) is 0 Å². The van der Waals surface area contributed by atoms with Crippen LogP contribution < -0.4 is 0 Å². The summed E-state index contributed by atoms with van der Waals surface area (Å²) in [6.45, 7) is 6.31. The molecule has 0 bridgehead atoms. The van der Waals surface area contributed by atoms with E-state index in [1.54, 1.807) is 0 Å². The highest BCUT2D eigenvalue weighted by Crippen LogP contribution is 1.85. The fraction of sp³-hybridized carbons (Fsp3) is 0.875. The molecule has 0 aliphatic heterocycles. The second kappa shape index (κ2) is 65.1. The fourth-order valence-electron chi connectivity index (χ4n) is 2.48. The van der Waals surface area contributed by atoms with Crippen molar-refractivity contribution >= 4 is 58.7 Å². The molecule has 0 rings (SSSR count). The van der Waals surface area contributed by atoms with Crippen molar-refractivity contribution < 1.29 is 91.3 Å². The third-order valence-corrected chi connectivity index (χ3v) is 5.37. The van der Waals surface area contributed by atoms with Crippen LogP contribution in [0.3, 0.4) is 0 Å². The summed E-state index contributed by atoms with van der Waals surface area (Å²) in [6, 6.07) is 0. The van der Waals surface area contributed by atoms with Gasteiger partial charge < -0.3 is 72.2 Å². The monoisotopic (exact) mass is 938 g/mol. The topological polar surface area (TPSA) is 337 Å². The van der Waals surface area contributed by atoms with E-state index < -0.39 is 17.9 Å². The minimum absolute atomic E-state index is 0.0270. The summed E-state index contributed by atoms with van der Waals surface area (Å²) in [5, 5.41) is 31.1. The van der Waals surface area contributed by atoms with Crippen LogP contribution in [0.1, 0.15) is 0 Å². The number of azide groups is 2. The largest absolute Gasteiger partial charge is 0.480 e. The summed E-state index contributed by atoms with van der Waals surface area (Å²) in [5.41, 5.74) is 15.8. The Labute approximate surface area is 364 Å². The van der Waals surface area contributed by atoms with Crippen molar-refractivity contribution in [1.29, 1.82) is 0 Å². The average molecular weight is 940 g/mol. The Morgan fingerprint density at radius 3 is 0.967 bits per heavy atom. The quantitative estimate of drug-likeness (QED) is 0.0200. The van der Waals surface area contributed by atoms with Crippen molar-refractivity contribution in [2.45, 2.75) is 0 Å². The van der Waals surface area contributed by atoms with Crippen LogP contribution >= 0.6 is 34.8 Å². The van der Waals surface area contributed by atoms with E-state index in [-0.39, 0.29) is 52.2 Å². The van der Waals surface area contributed by atoms with Crippen LogP contribution in [0.4, 0.5) is 0 Å². The molecule has 0 amide bonds. The molecule has 354 valence electrons. The lowest BCUT2D eigenvalue weighted by atomic mass is 10.7. The number of aliphatic carboxylic acids is 2. The molecule has 0 radical (unpaired) electrons. The molecule has 0 aromatic carbocycles. The van der Waals surface area contributed by atoms with Crippen LogP contribution in [-0.4, -0.2) is 223 Å². The normalized spacial score (nSPS) is 9.63. The van der Waals surface area contributed by atoms with E-state index in [9.17, 15) is 19.2 Å². The molecule has 28 heteroatoms. The van der Waals surface area contributed by atoms with Gasteiger partial charge in [0.05, 0.1) is 127 Å². The summed E-state index contributed by atoms with van der Waals surface area (Å²) < 4.78 is 57.6.